The molecular formula is C24H23ClFN3O3S. The van der Waals surface area contributed by atoms with Gasteiger partial charge in [0.1, 0.15) is 23.9 Å². The van der Waals surface area contributed by atoms with Gasteiger partial charge in [-0.2, -0.15) is 5.10 Å². The number of aldehydes is 1. The highest BCUT2D eigenvalue weighted by Crippen LogP contribution is 2.38. The summed E-state index contributed by atoms with van der Waals surface area (Å²) in [4.78, 5) is 13.4. The number of hydrazone groups is 1. The van der Waals surface area contributed by atoms with Crippen molar-refractivity contribution in [3.63, 3.8) is 0 Å². The molecule has 0 spiro atoms. The lowest BCUT2D eigenvalue weighted by molar-refractivity contribution is -0.110. The Morgan fingerprint density at radius 3 is 2.52 bits per heavy atom. The molecule has 172 valence electrons. The number of benzene rings is 2. The zero-order valence-electron chi connectivity index (χ0n) is 18.4. The number of sulfone groups is 1. The van der Waals surface area contributed by atoms with Crippen molar-refractivity contribution < 1.29 is 17.6 Å². The second kappa shape index (κ2) is 8.76. The van der Waals surface area contributed by atoms with Crippen molar-refractivity contribution >= 4 is 39.0 Å². The first-order chi connectivity index (χ1) is 15.6. The molecule has 0 bridgehead atoms. The number of likely N-dealkylation sites (N-methyl/N-ethyl adjacent to an activating group) is 2. The van der Waals surface area contributed by atoms with Crippen LogP contribution in [0.25, 0.3) is 5.57 Å². The monoisotopic (exact) mass is 487 g/mol. The quantitative estimate of drug-likeness (QED) is 0.599. The average molecular weight is 488 g/mol. The Bertz CT molecular complexity index is 1330. The molecule has 0 radical (unpaired) electrons. The summed E-state index contributed by atoms with van der Waals surface area (Å²) in [5.41, 5.74) is 4.68. The standard InChI is InChI=1S/C24H23ClFN3O3S/c1-4-33(31,32)14-15-5-7-18-20(9-15)21-12-28(2)17(13-30)11-23(21)29(3)27-24(18)19-8-6-16(26)10-22(19)25/h5-13,17H,4,14H2,1-3H3. The van der Waals surface area contributed by atoms with E-state index in [9.17, 15) is 17.6 Å². The third-order valence-electron chi connectivity index (χ3n) is 5.79. The van der Waals surface area contributed by atoms with E-state index in [4.69, 9.17) is 16.7 Å². The molecule has 2 aliphatic heterocycles. The van der Waals surface area contributed by atoms with Gasteiger partial charge in [-0.15, -0.1) is 0 Å². The minimum Gasteiger partial charge on any atom is -0.367 e. The highest BCUT2D eigenvalue weighted by molar-refractivity contribution is 7.90. The number of carbonyl (C=O) groups excluding carboxylic acids is 1. The molecule has 0 aromatic heterocycles. The molecule has 9 heteroatoms. The van der Waals surface area contributed by atoms with Gasteiger partial charge in [0.2, 0.25) is 0 Å². The molecule has 4 rings (SSSR count). The number of carbonyl (C=O) groups is 1. The summed E-state index contributed by atoms with van der Waals surface area (Å²) in [5, 5.41) is 6.63. The fourth-order valence-corrected chi connectivity index (χ4v) is 5.10. The van der Waals surface area contributed by atoms with E-state index in [0.29, 0.717) is 22.5 Å². The van der Waals surface area contributed by atoms with Crippen molar-refractivity contribution in [1.82, 2.24) is 9.91 Å². The molecular weight excluding hydrogens is 465 g/mol. The summed E-state index contributed by atoms with van der Waals surface area (Å²) in [7, 11) is 0.319. The van der Waals surface area contributed by atoms with Crippen LogP contribution in [0.1, 0.15) is 29.2 Å². The number of rotatable bonds is 5. The third kappa shape index (κ3) is 4.45. The maximum Gasteiger partial charge on any atom is 0.154 e. The van der Waals surface area contributed by atoms with Gasteiger partial charge in [0.05, 0.1) is 16.5 Å². The van der Waals surface area contributed by atoms with E-state index in [-0.39, 0.29) is 16.5 Å². The van der Waals surface area contributed by atoms with Gasteiger partial charge in [0.25, 0.3) is 0 Å². The minimum absolute atomic E-state index is 0.0440. The van der Waals surface area contributed by atoms with Crippen LogP contribution in [-0.2, 0) is 20.4 Å². The van der Waals surface area contributed by atoms with Gasteiger partial charge in [-0.1, -0.05) is 30.7 Å². The normalized spacial score (nSPS) is 18.0. The van der Waals surface area contributed by atoms with Gasteiger partial charge < -0.3 is 9.69 Å². The lowest BCUT2D eigenvalue weighted by atomic mass is 9.90. The van der Waals surface area contributed by atoms with E-state index in [0.717, 1.165) is 23.0 Å². The van der Waals surface area contributed by atoms with Crippen LogP contribution in [0.5, 0.6) is 0 Å². The van der Waals surface area contributed by atoms with Crippen LogP contribution in [0, 0.1) is 5.82 Å². The Morgan fingerprint density at radius 1 is 1.12 bits per heavy atom. The van der Waals surface area contributed by atoms with E-state index in [1.165, 1.54) is 12.1 Å². The first-order valence-corrected chi connectivity index (χ1v) is 12.6. The number of fused-ring (bicyclic) bond motifs is 3. The first-order valence-electron chi connectivity index (χ1n) is 10.4. The maximum absolute atomic E-state index is 13.7. The van der Waals surface area contributed by atoms with Crippen molar-refractivity contribution in [2.75, 3.05) is 19.8 Å². The molecule has 2 aliphatic rings. The number of halogens is 2. The second-order valence-corrected chi connectivity index (χ2v) is 10.8. The third-order valence-corrected chi connectivity index (χ3v) is 7.75. The average Bonchev–Trinajstić information content (AvgIpc) is 2.87. The molecule has 2 heterocycles. The van der Waals surface area contributed by atoms with Crippen LogP contribution in [-0.4, -0.2) is 56.2 Å². The van der Waals surface area contributed by atoms with Gasteiger partial charge in [-0.3, -0.25) is 5.01 Å². The van der Waals surface area contributed by atoms with Crippen LogP contribution in [0.2, 0.25) is 5.02 Å². The van der Waals surface area contributed by atoms with E-state index in [1.54, 1.807) is 49.1 Å². The van der Waals surface area contributed by atoms with Crippen molar-refractivity contribution in [2.45, 2.75) is 18.7 Å². The van der Waals surface area contributed by atoms with Crippen molar-refractivity contribution in [3.8, 4) is 0 Å². The summed E-state index contributed by atoms with van der Waals surface area (Å²) in [6.07, 6.45) is 4.50. The van der Waals surface area contributed by atoms with Gasteiger partial charge >= 0.3 is 0 Å². The van der Waals surface area contributed by atoms with Crippen LogP contribution in [0.3, 0.4) is 0 Å². The molecule has 1 unspecified atom stereocenters. The minimum atomic E-state index is -3.24. The van der Waals surface area contributed by atoms with Gasteiger partial charge in [-0.05, 0) is 41.5 Å². The molecule has 2 aromatic carbocycles. The fourth-order valence-electron chi connectivity index (χ4n) is 3.95. The summed E-state index contributed by atoms with van der Waals surface area (Å²) in [5.74, 6) is -0.501. The summed E-state index contributed by atoms with van der Waals surface area (Å²) >= 11 is 6.39. The van der Waals surface area contributed by atoms with Crippen LogP contribution in [0.4, 0.5) is 4.39 Å². The first kappa shape index (κ1) is 23.2. The molecule has 0 saturated carbocycles. The van der Waals surface area contributed by atoms with E-state index < -0.39 is 21.7 Å². The Morgan fingerprint density at radius 2 is 1.85 bits per heavy atom. The van der Waals surface area contributed by atoms with Gasteiger partial charge in [-0.25, -0.2) is 12.8 Å². The maximum atomic E-state index is 13.7. The molecule has 6 nitrogen and oxygen atoms in total. The van der Waals surface area contributed by atoms with E-state index in [1.807, 2.05) is 18.3 Å². The molecule has 2 aromatic rings. The SMILES string of the molecule is CCS(=O)(=O)Cc1ccc2c(c1)C1=CN(C)C(C=O)C=C1N(C)N=C2c1ccc(F)cc1Cl. The van der Waals surface area contributed by atoms with Crippen molar-refractivity contribution in [1.29, 1.82) is 0 Å². The molecule has 0 N–H and O–H groups in total. The molecule has 1 atom stereocenters. The predicted molar refractivity (Wildman–Crippen MR) is 128 cm³/mol. The van der Waals surface area contributed by atoms with Crippen molar-refractivity contribution in [3.05, 3.63) is 87.5 Å². The van der Waals surface area contributed by atoms with Crippen molar-refractivity contribution in [2.24, 2.45) is 5.10 Å². The lowest BCUT2D eigenvalue weighted by Crippen LogP contribution is -2.32. The Labute approximate surface area is 197 Å². The Balaban J connectivity index is 1.98. The Hall–Kier alpha value is -2.97. The fraction of sp³-hybridized carbons (Fsp3) is 0.250. The predicted octanol–water partition coefficient (Wildman–Crippen LogP) is 3.85. The van der Waals surface area contributed by atoms with Gasteiger partial charge in [0, 0.05) is 42.7 Å². The molecule has 0 amide bonds. The van der Waals surface area contributed by atoms with E-state index in [2.05, 4.69) is 0 Å². The Kier molecular flexibility index (Phi) is 6.16. The molecule has 0 saturated heterocycles. The highest BCUT2D eigenvalue weighted by atomic mass is 35.5. The lowest BCUT2D eigenvalue weighted by Gasteiger charge is -2.30. The van der Waals surface area contributed by atoms with Crippen LogP contribution < -0.4 is 0 Å². The van der Waals surface area contributed by atoms with Crippen LogP contribution in [0.15, 0.2) is 59.5 Å². The highest BCUT2D eigenvalue weighted by Gasteiger charge is 2.30. The number of nitrogens with zero attached hydrogens (tertiary/aromatic N) is 3. The van der Waals surface area contributed by atoms with E-state index >= 15 is 0 Å². The number of allylic oxidation sites excluding steroid dienone is 1. The topological polar surface area (TPSA) is 70.1 Å². The van der Waals surface area contributed by atoms with Gasteiger partial charge in [0.15, 0.2) is 9.84 Å². The molecule has 0 fully saturated rings. The smallest absolute Gasteiger partial charge is 0.154 e. The largest absolute Gasteiger partial charge is 0.367 e. The second-order valence-electron chi connectivity index (χ2n) is 8.04. The summed E-state index contributed by atoms with van der Waals surface area (Å²) < 4.78 is 38.3. The summed E-state index contributed by atoms with van der Waals surface area (Å²) in [6.45, 7) is 1.62. The number of hydrogen-bond donors (Lipinski definition) is 0. The number of hydrogen-bond acceptors (Lipinski definition) is 6. The molecule has 0 aliphatic carbocycles. The molecule has 33 heavy (non-hydrogen) atoms. The zero-order valence-corrected chi connectivity index (χ0v) is 20.0. The summed E-state index contributed by atoms with van der Waals surface area (Å²) in [6, 6.07) is 9.06. The zero-order chi connectivity index (χ0) is 23.9. The van der Waals surface area contributed by atoms with Crippen LogP contribution >= 0.6 is 11.6 Å².